The molecule has 31 heavy (non-hydrogen) atoms. The molecule has 1 N–H and O–H groups in total. The van der Waals surface area contributed by atoms with Gasteiger partial charge < -0.3 is 14.2 Å². The molecule has 0 aliphatic heterocycles. The van der Waals surface area contributed by atoms with Gasteiger partial charge in [0.1, 0.15) is 12.0 Å². The van der Waals surface area contributed by atoms with Gasteiger partial charge in [0, 0.05) is 31.4 Å². The smallest absolute Gasteiger partial charge is 0.273 e. The Bertz CT molecular complexity index is 1060. The van der Waals surface area contributed by atoms with Crippen molar-refractivity contribution in [2.45, 2.75) is 26.1 Å². The highest BCUT2D eigenvalue weighted by Crippen LogP contribution is 2.14. The van der Waals surface area contributed by atoms with E-state index in [1.165, 1.54) is 11.8 Å². The van der Waals surface area contributed by atoms with Crippen LogP contribution in [0.4, 0.5) is 0 Å². The molecule has 0 fully saturated rings. The van der Waals surface area contributed by atoms with Crippen LogP contribution in [0, 0.1) is 0 Å². The molecule has 1 amide bonds. The van der Waals surface area contributed by atoms with Gasteiger partial charge in [-0.3, -0.25) is 14.7 Å². The predicted octanol–water partition coefficient (Wildman–Crippen LogP) is 3.84. The van der Waals surface area contributed by atoms with Crippen molar-refractivity contribution >= 4 is 5.91 Å². The minimum atomic E-state index is -0.258. The zero-order chi connectivity index (χ0) is 21.3. The fourth-order valence-electron chi connectivity index (χ4n) is 3.25. The van der Waals surface area contributed by atoms with E-state index in [9.17, 15) is 4.79 Å². The van der Waals surface area contributed by atoms with E-state index in [1.54, 1.807) is 12.5 Å². The molecule has 0 aliphatic rings. The summed E-state index contributed by atoms with van der Waals surface area (Å²) in [6.45, 7) is 2.25. The van der Waals surface area contributed by atoms with E-state index >= 15 is 0 Å². The number of nitrogens with zero attached hydrogens (tertiary/aromatic N) is 3. The highest BCUT2D eigenvalue weighted by Gasteiger charge is 2.16. The molecule has 0 aliphatic carbocycles. The number of oxazole rings is 1. The first-order chi connectivity index (χ1) is 15.3. The van der Waals surface area contributed by atoms with Gasteiger partial charge in [-0.25, -0.2) is 4.98 Å². The van der Waals surface area contributed by atoms with E-state index in [1.807, 2.05) is 48.5 Å². The van der Waals surface area contributed by atoms with Crippen LogP contribution in [0.3, 0.4) is 0 Å². The molecule has 0 saturated heterocycles. The maximum atomic E-state index is 12.4. The lowest BCUT2D eigenvalue weighted by molar-refractivity contribution is 0.0949. The number of carbonyl (C=O) groups excluding carboxylic acids is 1. The van der Waals surface area contributed by atoms with Crippen LogP contribution in [0.5, 0.6) is 0 Å². The Morgan fingerprint density at radius 1 is 0.935 bits per heavy atom. The molecule has 0 bridgehead atoms. The third kappa shape index (κ3) is 6.13. The molecular formula is C24H24N4O3. The highest BCUT2D eigenvalue weighted by atomic mass is 16.3. The number of rotatable bonds is 10. The molecule has 1 aromatic carbocycles. The van der Waals surface area contributed by atoms with Gasteiger partial charge in [0.25, 0.3) is 5.91 Å². The summed E-state index contributed by atoms with van der Waals surface area (Å²) < 4.78 is 11.1. The number of hydrogen-bond donors (Lipinski definition) is 1. The molecule has 4 aromatic rings. The molecule has 0 unspecified atom stereocenters. The maximum Gasteiger partial charge on any atom is 0.273 e. The number of pyridine rings is 1. The number of nitrogens with one attached hydrogen (secondary N) is 1. The fourth-order valence-corrected chi connectivity index (χ4v) is 3.25. The normalized spacial score (nSPS) is 11.0. The monoisotopic (exact) mass is 416 g/mol. The van der Waals surface area contributed by atoms with E-state index in [0.29, 0.717) is 38.5 Å². The summed E-state index contributed by atoms with van der Waals surface area (Å²) >= 11 is 0. The quantitative estimate of drug-likeness (QED) is 0.423. The van der Waals surface area contributed by atoms with E-state index in [2.05, 4.69) is 32.3 Å². The molecule has 0 radical (unpaired) electrons. The van der Waals surface area contributed by atoms with E-state index < -0.39 is 0 Å². The van der Waals surface area contributed by atoms with Crippen LogP contribution < -0.4 is 5.32 Å². The molecule has 7 heteroatoms. The average molecular weight is 416 g/mol. The number of furan rings is 1. The Balaban J connectivity index is 1.35. The van der Waals surface area contributed by atoms with Gasteiger partial charge in [-0.2, -0.15) is 0 Å². The van der Waals surface area contributed by atoms with Gasteiger partial charge in [0.05, 0.1) is 19.4 Å². The van der Waals surface area contributed by atoms with Gasteiger partial charge in [-0.1, -0.05) is 36.4 Å². The summed E-state index contributed by atoms with van der Waals surface area (Å²) in [5, 5.41) is 2.86. The summed E-state index contributed by atoms with van der Waals surface area (Å²) in [5.41, 5.74) is 2.37. The van der Waals surface area contributed by atoms with Gasteiger partial charge in [0.15, 0.2) is 5.69 Å². The van der Waals surface area contributed by atoms with Crippen molar-refractivity contribution in [3.63, 3.8) is 0 Å². The van der Waals surface area contributed by atoms with Crippen molar-refractivity contribution in [2.24, 2.45) is 0 Å². The molecule has 4 rings (SSSR count). The Hall–Kier alpha value is -3.71. The van der Waals surface area contributed by atoms with Crippen molar-refractivity contribution in [3.05, 3.63) is 108 Å². The lowest BCUT2D eigenvalue weighted by atomic mass is 10.2. The van der Waals surface area contributed by atoms with Crippen molar-refractivity contribution < 1.29 is 13.6 Å². The van der Waals surface area contributed by atoms with Crippen molar-refractivity contribution in [1.82, 2.24) is 20.2 Å². The average Bonchev–Trinajstić information content (AvgIpc) is 3.47. The molecule has 3 aromatic heterocycles. The van der Waals surface area contributed by atoms with Crippen LogP contribution in [-0.2, 0) is 26.1 Å². The summed E-state index contributed by atoms with van der Waals surface area (Å²) in [6, 6.07) is 19.7. The third-order valence-corrected chi connectivity index (χ3v) is 4.74. The van der Waals surface area contributed by atoms with Gasteiger partial charge in [0.2, 0.25) is 5.89 Å². The first kappa shape index (κ1) is 20.6. The number of aromatic nitrogens is 2. The Morgan fingerprint density at radius 2 is 1.81 bits per heavy atom. The minimum Gasteiger partial charge on any atom is -0.468 e. The largest absolute Gasteiger partial charge is 0.468 e. The van der Waals surface area contributed by atoms with Crippen LogP contribution in [0.1, 0.15) is 33.4 Å². The first-order valence-corrected chi connectivity index (χ1v) is 10.2. The van der Waals surface area contributed by atoms with Crippen LogP contribution in [0.2, 0.25) is 0 Å². The van der Waals surface area contributed by atoms with Crippen LogP contribution >= 0.6 is 0 Å². The third-order valence-electron chi connectivity index (χ3n) is 4.74. The van der Waals surface area contributed by atoms with Crippen LogP contribution in [0.25, 0.3) is 0 Å². The fraction of sp³-hybridized carbons (Fsp3) is 0.208. The molecule has 158 valence electrons. The highest BCUT2D eigenvalue weighted by molar-refractivity contribution is 5.91. The van der Waals surface area contributed by atoms with Crippen LogP contribution in [0.15, 0.2) is 88.2 Å². The molecule has 0 spiro atoms. The zero-order valence-corrected chi connectivity index (χ0v) is 17.1. The van der Waals surface area contributed by atoms with E-state index in [-0.39, 0.29) is 11.6 Å². The molecule has 3 heterocycles. The van der Waals surface area contributed by atoms with Gasteiger partial charge >= 0.3 is 0 Å². The Morgan fingerprint density at radius 3 is 2.58 bits per heavy atom. The number of carbonyl (C=O) groups is 1. The summed E-state index contributed by atoms with van der Waals surface area (Å²) in [7, 11) is 0. The van der Waals surface area contributed by atoms with Crippen molar-refractivity contribution in [3.8, 4) is 0 Å². The van der Waals surface area contributed by atoms with Crippen molar-refractivity contribution in [2.75, 3.05) is 6.54 Å². The lowest BCUT2D eigenvalue weighted by Gasteiger charge is -2.19. The summed E-state index contributed by atoms with van der Waals surface area (Å²) in [4.78, 5) is 23.2. The maximum absolute atomic E-state index is 12.4. The molecule has 0 atom stereocenters. The number of hydrogen-bond acceptors (Lipinski definition) is 6. The molecule has 0 saturated carbocycles. The van der Waals surface area contributed by atoms with E-state index in [0.717, 1.165) is 11.5 Å². The topological polar surface area (TPSA) is 84.4 Å². The zero-order valence-electron chi connectivity index (χ0n) is 17.1. The van der Waals surface area contributed by atoms with Gasteiger partial charge in [-0.15, -0.1) is 0 Å². The minimum absolute atomic E-state index is 0.258. The second-order valence-corrected chi connectivity index (χ2v) is 7.16. The predicted molar refractivity (Wildman–Crippen MR) is 115 cm³/mol. The van der Waals surface area contributed by atoms with Crippen molar-refractivity contribution in [1.29, 1.82) is 0 Å². The second kappa shape index (κ2) is 10.4. The Kier molecular flexibility index (Phi) is 6.87. The van der Waals surface area contributed by atoms with E-state index in [4.69, 9.17) is 8.83 Å². The molecule has 7 nitrogen and oxygen atoms in total. The summed E-state index contributed by atoms with van der Waals surface area (Å²) in [5.74, 6) is 1.08. The first-order valence-electron chi connectivity index (χ1n) is 10.2. The lowest BCUT2D eigenvalue weighted by Crippen LogP contribution is -2.26. The van der Waals surface area contributed by atoms with Crippen LogP contribution in [-0.4, -0.2) is 27.3 Å². The SMILES string of the molecule is O=C(NCCc1ccccn1)c1coc(CN(Cc2ccccc2)Cc2ccco2)n1. The number of benzene rings is 1. The Labute approximate surface area is 180 Å². The second-order valence-electron chi connectivity index (χ2n) is 7.16. The standard InChI is InChI=1S/C24H24N4O3/c29-24(26-13-11-20-9-4-5-12-25-20)22-18-31-23(27-22)17-28(16-21-10-6-14-30-21)15-19-7-2-1-3-8-19/h1-10,12,14,18H,11,13,15-17H2,(H,26,29). The molecular weight excluding hydrogens is 392 g/mol. The summed E-state index contributed by atoms with van der Waals surface area (Å²) in [6.07, 6.45) is 5.46. The number of amides is 1. The van der Waals surface area contributed by atoms with Gasteiger partial charge in [-0.05, 0) is 29.8 Å².